The molecule has 0 bridgehead atoms. The van der Waals surface area contributed by atoms with Crippen molar-refractivity contribution >= 4 is 22.0 Å². The maximum absolute atomic E-state index is 13.5. The monoisotopic (exact) mass is 458 g/mol. The highest BCUT2D eigenvalue weighted by atomic mass is 32.2. The number of carbonyl (C=O) groups excluding carboxylic acids is 1. The largest absolute Gasteiger partial charge is 0.349 e. The molecular weight excluding hydrogens is 431 g/mol. The van der Waals surface area contributed by atoms with E-state index in [0.717, 1.165) is 36.0 Å². The van der Waals surface area contributed by atoms with Gasteiger partial charge in [-0.05, 0) is 56.2 Å². The lowest BCUT2D eigenvalue weighted by atomic mass is 10.1. The average Bonchev–Trinajstić information content (AvgIpc) is 3.04. The molecule has 0 radical (unpaired) electrons. The lowest BCUT2D eigenvalue weighted by Crippen LogP contribution is -2.50. The third-order valence-corrected chi connectivity index (χ3v) is 7.57. The summed E-state index contributed by atoms with van der Waals surface area (Å²) >= 11 is 0. The molecule has 170 valence electrons. The zero-order valence-corrected chi connectivity index (χ0v) is 19.3. The molecule has 3 rings (SSSR count). The second-order valence-corrected chi connectivity index (χ2v) is 9.74. The summed E-state index contributed by atoms with van der Waals surface area (Å²) in [6.07, 6.45) is 2.58. The Kier molecular flexibility index (Phi) is 7.16. The van der Waals surface area contributed by atoms with Crippen LogP contribution in [0.2, 0.25) is 0 Å². The lowest BCUT2D eigenvalue weighted by Gasteiger charge is -2.33. The second-order valence-electron chi connectivity index (χ2n) is 7.80. The van der Waals surface area contributed by atoms with E-state index >= 15 is 0 Å². The van der Waals surface area contributed by atoms with E-state index in [1.807, 2.05) is 26.0 Å². The quantitative estimate of drug-likeness (QED) is 0.492. The number of piperazine rings is 1. The Morgan fingerprint density at radius 2 is 1.88 bits per heavy atom. The van der Waals surface area contributed by atoms with Crippen LogP contribution in [0.4, 0.5) is 4.39 Å². The van der Waals surface area contributed by atoms with E-state index in [2.05, 4.69) is 11.5 Å². The Morgan fingerprint density at radius 3 is 2.47 bits per heavy atom. The number of aryl methyl sites for hydroxylation is 1. The first-order valence-electron chi connectivity index (χ1n) is 10.5. The van der Waals surface area contributed by atoms with Crippen LogP contribution < -0.4 is 0 Å². The predicted octanol–water partition coefficient (Wildman–Crippen LogP) is 3.09. The van der Waals surface area contributed by atoms with Crippen LogP contribution in [0.3, 0.4) is 0 Å². The maximum Gasteiger partial charge on any atom is 0.264 e. The molecule has 1 aromatic carbocycles. The zero-order chi connectivity index (χ0) is 23.5. The summed E-state index contributed by atoms with van der Waals surface area (Å²) in [5, 5.41) is 9.60. The van der Waals surface area contributed by atoms with Gasteiger partial charge in [-0.1, -0.05) is 13.0 Å². The molecule has 2 heterocycles. The van der Waals surface area contributed by atoms with Gasteiger partial charge in [-0.2, -0.15) is 9.57 Å². The van der Waals surface area contributed by atoms with Crippen molar-refractivity contribution in [2.45, 2.75) is 38.6 Å². The van der Waals surface area contributed by atoms with Gasteiger partial charge in [0.25, 0.3) is 5.91 Å². The predicted molar refractivity (Wildman–Crippen MR) is 120 cm³/mol. The van der Waals surface area contributed by atoms with Crippen molar-refractivity contribution in [3.05, 3.63) is 58.7 Å². The van der Waals surface area contributed by atoms with Gasteiger partial charge in [0.2, 0.25) is 10.0 Å². The molecule has 1 fully saturated rings. The number of carbonyl (C=O) groups is 1. The Bertz CT molecular complexity index is 1190. The molecule has 0 spiro atoms. The lowest BCUT2D eigenvalue weighted by molar-refractivity contribution is -0.127. The molecule has 1 aliphatic heterocycles. The molecular formula is C23H27FN4O3S. The minimum Gasteiger partial charge on any atom is -0.349 e. The van der Waals surface area contributed by atoms with Gasteiger partial charge in [0.05, 0.1) is 4.90 Å². The van der Waals surface area contributed by atoms with Gasteiger partial charge in [-0.15, -0.1) is 0 Å². The molecule has 0 N–H and O–H groups in total. The van der Waals surface area contributed by atoms with Crippen LogP contribution in [0, 0.1) is 31.0 Å². The molecule has 2 aromatic rings. The summed E-state index contributed by atoms with van der Waals surface area (Å²) in [7, 11) is -3.85. The van der Waals surface area contributed by atoms with E-state index in [9.17, 15) is 22.9 Å². The minimum absolute atomic E-state index is 0.0168. The number of nitrogens with zero attached hydrogens (tertiary/aromatic N) is 4. The van der Waals surface area contributed by atoms with E-state index in [4.69, 9.17) is 0 Å². The first-order valence-corrected chi connectivity index (χ1v) is 12.0. The summed E-state index contributed by atoms with van der Waals surface area (Å²) in [5.74, 6) is -1.04. The number of halogens is 1. The normalized spacial score (nSPS) is 15.6. The number of hydrogen-bond acceptors (Lipinski definition) is 4. The first-order chi connectivity index (χ1) is 15.2. The van der Waals surface area contributed by atoms with E-state index in [1.165, 1.54) is 27.4 Å². The van der Waals surface area contributed by atoms with Crippen LogP contribution in [0.5, 0.6) is 0 Å². The minimum atomic E-state index is -3.85. The third kappa shape index (κ3) is 4.76. The van der Waals surface area contributed by atoms with Crippen LogP contribution in [0.1, 0.15) is 30.3 Å². The van der Waals surface area contributed by atoms with Gasteiger partial charge < -0.3 is 9.47 Å². The zero-order valence-electron chi connectivity index (χ0n) is 18.5. The summed E-state index contributed by atoms with van der Waals surface area (Å²) in [6, 6.07) is 8.82. The van der Waals surface area contributed by atoms with Crippen LogP contribution in [-0.4, -0.2) is 54.3 Å². The Balaban J connectivity index is 1.74. The molecule has 1 saturated heterocycles. The molecule has 1 aliphatic rings. The Hall–Kier alpha value is -2.96. The number of benzene rings is 1. The number of rotatable bonds is 6. The van der Waals surface area contributed by atoms with E-state index in [-0.39, 0.29) is 36.6 Å². The standard InChI is InChI=1S/C23H27FN4O3S/c1-4-8-28-17(2)13-19(18(28)3)14-20(16-25)23(29)26-9-11-27(12-10-26)32(30,31)22-7-5-6-21(24)15-22/h5-7,13-15H,4,8-12H2,1-3H3/b20-14+. The molecule has 1 aromatic heterocycles. The number of aromatic nitrogens is 1. The third-order valence-electron chi connectivity index (χ3n) is 5.67. The van der Waals surface area contributed by atoms with E-state index in [0.29, 0.717) is 0 Å². The highest BCUT2D eigenvalue weighted by Gasteiger charge is 2.31. The van der Waals surface area contributed by atoms with Crippen LogP contribution in [-0.2, 0) is 21.4 Å². The van der Waals surface area contributed by atoms with Gasteiger partial charge in [-0.25, -0.2) is 12.8 Å². The van der Waals surface area contributed by atoms with Crippen molar-refractivity contribution in [2.75, 3.05) is 26.2 Å². The summed E-state index contributed by atoms with van der Waals surface area (Å²) in [4.78, 5) is 14.3. The van der Waals surface area contributed by atoms with Gasteiger partial charge in [0.15, 0.2) is 0 Å². The van der Waals surface area contributed by atoms with Gasteiger partial charge in [0, 0.05) is 44.1 Å². The molecule has 0 atom stereocenters. The maximum atomic E-state index is 13.5. The number of amides is 1. The molecule has 0 aliphatic carbocycles. The first kappa shape index (κ1) is 23.7. The van der Waals surface area contributed by atoms with Gasteiger partial charge in [-0.3, -0.25) is 4.79 Å². The second kappa shape index (κ2) is 9.67. The SMILES string of the molecule is CCCn1c(C)cc(/C=C(\C#N)C(=O)N2CCN(S(=O)(=O)c3cccc(F)c3)CC2)c1C. The van der Waals surface area contributed by atoms with Crippen molar-refractivity contribution in [1.82, 2.24) is 13.8 Å². The number of nitriles is 1. The van der Waals surface area contributed by atoms with Gasteiger partial charge >= 0.3 is 0 Å². The molecule has 1 amide bonds. The van der Waals surface area contributed by atoms with Gasteiger partial charge in [0.1, 0.15) is 17.5 Å². The summed E-state index contributed by atoms with van der Waals surface area (Å²) < 4.78 is 42.4. The Morgan fingerprint density at radius 1 is 1.19 bits per heavy atom. The van der Waals surface area contributed by atoms with Crippen LogP contribution in [0.25, 0.3) is 6.08 Å². The smallest absolute Gasteiger partial charge is 0.264 e. The highest BCUT2D eigenvalue weighted by molar-refractivity contribution is 7.89. The Labute approximate surface area is 188 Å². The van der Waals surface area contributed by atoms with Crippen molar-refractivity contribution in [3.8, 4) is 6.07 Å². The van der Waals surface area contributed by atoms with Crippen molar-refractivity contribution in [3.63, 3.8) is 0 Å². The fourth-order valence-corrected chi connectivity index (χ4v) is 5.37. The van der Waals surface area contributed by atoms with Crippen molar-refractivity contribution < 1.29 is 17.6 Å². The van der Waals surface area contributed by atoms with Crippen LogP contribution in [0.15, 0.2) is 40.8 Å². The topological polar surface area (TPSA) is 86.4 Å². The van der Waals surface area contributed by atoms with E-state index in [1.54, 1.807) is 6.08 Å². The fraction of sp³-hybridized carbons (Fsp3) is 0.391. The molecule has 0 saturated carbocycles. The number of hydrogen-bond donors (Lipinski definition) is 0. The van der Waals surface area contributed by atoms with Crippen molar-refractivity contribution in [1.29, 1.82) is 5.26 Å². The molecule has 7 nitrogen and oxygen atoms in total. The summed E-state index contributed by atoms with van der Waals surface area (Å²) in [5.41, 5.74) is 2.91. The molecule has 0 unspecified atom stereocenters. The molecule has 32 heavy (non-hydrogen) atoms. The number of sulfonamides is 1. The average molecular weight is 459 g/mol. The van der Waals surface area contributed by atoms with E-state index < -0.39 is 21.7 Å². The highest BCUT2D eigenvalue weighted by Crippen LogP contribution is 2.21. The molecule has 9 heteroatoms. The van der Waals surface area contributed by atoms with Crippen LogP contribution >= 0.6 is 0 Å². The van der Waals surface area contributed by atoms with Crippen molar-refractivity contribution in [2.24, 2.45) is 0 Å². The fourth-order valence-electron chi connectivity index (χ4n) is 3.92. The summed E-state index contributed by atoms with van der Waals surface area (Å²) in [6.45, 7) is 7.37.